The third-order valence-corrected chi connectivity index (χ3v) is 7.41. The number of halogens is 2. The fourth-order valence-electron chi connectivity index (χ4n) is 5.45. The minimum absolute atomic E-state index is 0.111. The van der Waals surface area contributed by atoms with Crippen LogP contribution in [0.5, 0.6) is 0 Å². The van der Waals surface area contributed by atoms with Crippen molar-refractivity contribution in [3.63, 3.8) is 0 Å². The lowest BCUT2D eigenvalue weighted by molar-refractivity contribution is -0.132. The molecule has 1 aromatic carbocycles. The number of carbonyl (C=O) groups is 1. The van der Waals surface area contributed by atoms with Gasteiger partial charge < -0.3 is 15.1 Å². The Morgan fingerprint density at radius 3 is 2.70 bits per heavy atom. The molecule has 1 N–H and O–H groups in total. The number of nitrogens with one attached hydrogen (secondary N) is 1. The summed E-state index contributed by atoms with van der Waals surface area (Å²) >= 11 is 0. The zero-order valence-electron chi connectivity index (χ0n) is 18.6. The molecule has 3 atom stereocenters. The van der Waals surface area contributed by atoms with E-state index >= 15 is 0 Å². The maximum Gasteiger partial charge on any atom is 0.223 e. The summed E-state index contributed by atoms with van der Waals surface area (Å²) in [6.07, 6.45) is 4.68. The Bertz CT molecular complexity index is 1090. The fraction of sp³-hybridized carbons (Fsp3) is 0.480. The summed E-state index contributed by atoms with van der Waals surface area (Å²) in [5.41, 5.74) is 0.934. The Hall–Kier alpha value is -3.05. The van der Waals surface area contributed by atoms with Crippen LogP contribution in [-0.2, 0) is 10.3 Å². The molecule has 6 nitrogen and oxygen atoms in total. The van der Waals surface area contributed by atoms with E-state index in [0.717, 1.165) is 36.7 Å². The van der Waals surface area contributed by atoms with E-state index in [1.54, 1.807) is 18.3 Å². The third-order valence-electron chi connectivity index (χ3n) is 7.41. The minimum atomic E-state index is -0.844. The molecule has 2 saturated heterocycles. The number of hydrogen-bond donors (Lipinski definition) is 1. The van der Waals surface area contributed by atoms with Crippen molar-refractivity contribution in [2.75, 3.05) is 24.5 Å². The lowest BCUT2D eigenvalue weighted by atomic mass is 10.0. The Labute approximate surface area is 192 Å². The molecule has 3 fully saturated rings. The molecule has 0 radical (unpaired) electrons. The Balaban J connectivity index is 1.19. The number of carbonyl (C=O) groups excluding carboxylic acids is 1. The topological polar surface area (TPSA) is 72.3 Å². The van der Waals surface area contributed by atoms with Crippen molar-refractivity contribution < 1.29 is 13.6 Å². The summed E-state index contributed by atoms with van der Waals surface area (Å²) in [7, 11) is 0. The number of nitrogens with zero attached hydrogens (tertiary/aromatic N) is 4. The maximum absolute atomic E-state index is 13.6. The lowest BCUT2D eigenvalue weighted by Gasteiger charge is -2.42. The Morgan fingerprint density at radius 1 is 1.24 bits per heavy atom. The summed E-state index contributed by atoms with van der Waals surface area (Å²) in [6.45, 7) is 4.04. The molecule has 0 spiro atoms. The van der Waals surface area contributed by atoms with Crippen molar-refractivity contribution in [2.24, 2.45) is 5.92 Å². The van der Waals surface area contributed by atoms with Crippen LogP contribution in [0.2, 0.25) is 0 Å². The molecule has 2 aromatic rings. The molecule has 2 bridgehead atoms. The molecule has 8 heteroatoms. The van der Waals surface area contributed by atoms with Gasteiger partial charge in [-0.2, -0.15) is 5.26 Å². The highest BCUT2D eigenvalue weighted by Gasteiger charge is 2.47. The highest BCUT2D eigenvalue weighted by atomic mass is 19.2. The highest BCUT2D eigenvalue weighted by molar-refractivity contribution is 5.77. The van der Waals surface area contributed by atoms with Gasteiger partial charge in [-0.3, -0.25) is 4.79 Å². The molecule has 1 aliphatic carbocycles. The van der Waals surface area contributed by atoms with Gasteiger partial charge in [0.2, 0.25) is 5.91 Å². The summed E-state index contributed by atoms with van der Waals surface area (Å²) < 4.78 is 26.9. The summed E-state index contributed by atoms with van der Waals surface area (Å²) in [5.74, 6) is -0.254. The van der Waals surface area contributed by atoms with Crippen LogP contribution < -0.4 is 10.2 Å². The van der Waals surface area contributed by atoms with Crippen molar-refractivity contribution in [3.05, 3.63) is 59.3 Å². The van der Waals surface area contributed by atoms with E-state index in [1.165, 1.54) is 6.07 Å². The van der Waals surface area contributed by atoms with Gasteiger partial charge in [0.1, 0.15) is 11.9 Å². The number of pyridine rings is 1. The van der Waals surface area contributed by atoms with Gasteiger partial charge in [-0.15, -0.1) is 0 Å². The van der Waals surface area contributed by atoms with Crippen molar-refractivity contribution in [1.29, 1.82) is 5.26 Å². The van der Waals surface area contributed by atoms with Crippen LogP contribution in [0.4, 0.5) is 14.6 Å². The molecular weight excluding hydrogens is 424 g/mol. The lowest BCUT2D eigenvalue weighted by Crippen LogP contribution is -2.56. The zero-order chi connectivity index (χ0) is 23.2. The number of aromatic nitrogens is 1. The van der Waals surface area contributed by atoms with Crippen molar-refractivity contribution in [3.8, 4) is 6.07 Å². The normalized spacial score (nSPS) is 25.1. The van der Waals surface area contributed by atoms with Gasteiger partial charge in [-0.25, -0.2) is 13.8 Å². The Kier molecular flexibility index (Phi) is 5.53. The number of amides is 1. The fourth-order valence-corrected chi connectivity index (χ4v) is 5.45. The van der Waals surface area contributed by atoms with Crippen molar-refractivity contribution in [1.82, 2.24) is 15.2 Å². The first-order valence-electron chi connectivity index (χ1n) is 11.5. The molecule has 2 aliphatic heterocycles. The largest absolute Gasteiger partial charge is 0.347 e. The van der Waals surface area contributed by atoms with E-state index in [-0.39, 0.29) is 23.5 Å². The molecule has 2 unspecified atom stereocenters. The summed E-state index contributed by atoms with van der Waals surface area (Å²) in [5, 5.41) is 12.4. The molecule has 5 rings (SSSR count). The second kappa shape index (κ2) is 8.38. The van der Waals surface area contributed by atoms with Gasteiger partial charge in [0.05, 0.1) is 11.6 Å². The van der Waals surface area contributed by atoms with Crippen molar-refractivity contribution in [2.45, 2.75) is 50.2 Å². The average molecular weight is 452 g/mol. The molecule has 3 heterocycles. The second-order valence-corrected chi connectivity index (χ2v) is 9.54. The van der Waals surface area contributed by atoms with Gasteiger partial charge >= 0.3 is 0 Å². The number of nitriles is 1. The first-order valence-corrected chi connectivity index (χ1v) is 11.5. The average Bonchev–Trinajstić information content (AvgIpc) is 3.57. The first kappa shape index (κ1) is 21.8. The number of fused-ring (bicyclic) bond motifs is 2. The van der Waals surface area contributed by atoms with Gasteiger partial charge in [0.25, 0.3) is 0 Å². The third kappa shape index (κ3) is 4.06. The van der Waals surface area contributed by atoms with E-state index in [0.29, 0.717) is 37.5 Å². The van der Waals surface area contributed by atoms with Crippen LogP contribution in [0.3, 0.4) is 0 Å². The van der Waals surface area contributed by atoms with Crippen LogP contribution in [-0.4, -0.2) is 47.5 Å². The molecule has 172 valence electrons. The number of rotatable bonds is 6. The number of likely N-dealkylation sites (tertiary alicyclic amines) is 1. The van der Waals surface area contributed by atoms with E-state index in [2.05, 4.69) is 28.2 Å². The molecule has 3 aliphatic rings. The number of anilines is 1. The van der Waals surface area contributed by atoms with E-state index < -0.39 is 11.6 Å². The quantitative estimate of drug-likeness (QED) is 0.730. The van der Waals surface area contributed by atoms with Crippen LogP contribution in [0.1, 0.15) is 43.7 Å². The van der Waals surface area contributed by atoms with E-state index in [9.17, 15) is 13.6 Å². The van der Waals surface area contributed by atoms with Crippen LogP contribution in [0.25, 0.3) is 0 Å². The SMILES string of the molecule is C[C@@H]1CC2CN(C(=O)CCNC3(c4ccc(F)c(F)c4)CC3)CC1N2c1ccc(C#N)cn1. The molecule has 1 aromatic heterocycles. The molecule has 33 heavy (non-hydrogen) atoms. The predicted octanol–water partition coefficient (Wildman–Crippen LogP) is 3.33. The van der Waals surface area contributed by atoms with E-state index in [4.69, 9.17) is 5.26 Å². The number of benzene rings is 1. The van der Waals surface area contributed by atoms with Gasteiger partial charge in [-0.05, 0) is 55.0 Å². The summed E-state index contributed by atoms with van der Waals surface area (Å²) in [4.78, 5) is 21.8. The standard InChI is InChI=1S/C25H27F2N5O/c1-16-10-19-14-31(15-22(16)32(19)23-5-2-17(12-28)13-29-23)24(33)6-9-30-25(7-8-25)18-3-4-20(26)21(27)11-18/h2-5,11,13,16,19,22,30H,6-10,14-15H2,1H3/t16-,19?,22?/m1/s1. The maximum atomic E-state index is 13.6. The monoisotopic (exact) mass is 451 g/mol. The highest BCUT2D eigenvalue weighted by Crippen LogP contribution is 2.45. The first-order chi connectivity index (χ1) is 15.9. The van der Waals surface area contributed by atoms with Crippen LogP contribution >= 0.6 is 0 Å². The Morgan fingerprint density at radius 2 is 2.06 bits per heavy atom. The van der Waals surface area contributed by atoms with Crippen molar-refractivity contribution >= 4 is 11.7 Å². The minimum Gasteiger partial charge on any atom is -0.347 e. The zero-order valence-corrected chi connectivity index (χ0v) is 18.6. The van der Waals surface area contributed by atoms with Gasteiger partial charge in [0.15, 0.2) is 11.6 Å². The van der Waals surface area contributed by atoms with Crippen LogP contribution in [0, 0.1) is 28.9 Å². The van der Waals surface area contributed by atoms with E-state index in [1.807, 2.05) is 11.0 Å². The molecular formula is C25H27F2N5O. The molecule has 1 amide bonds. The van der Waals surface area contributed by atoms with Gasteiger partial charge in [0, 0.05) is 43.8 Å². The predicted molar refractivity (Wildman–Crippen MR) is 119 cm³/mol. The summed E-state index contributed by atoms with van der Waals surface area (Å²) in [6, 6.07) is 10.2. The smallest absolute Gasteiger partial charge is 0.223 e. The molecule has 1 saturated carbocycles. The number of piperazine rings is 1. The number of hydrogen-bond acceptors (Lipinski definition) is 5. The van der Waals surface area contributed by atoms with Crippen LogP contribution in [0.15, 0.2) is 36.5 Å². The second-order valence-electron chi connectivity index (χ2n) is 9.54. The van der Waals surface area contributed by atoms with Gasteiger partial charge in [-0.1, -0.05) is 13.0 Å².